The van der Waals surface area contributed by atoms with E-state index in [1.165, 1.54) is 0 Å². The first-order valence-corrected chi connectivity index (χ1v) is 6.41. The van der Waals surface area contributed by atoms with E-state index in [1.807, 2.05) is 4.90 Å². The Hall–Kier alpha value is -0.280. The molecular formula is C12H22ClNO2. The lowest BCUT2D eigenvalue weighted by Gasteiger charge is -2.29. The molecule has 1 saturated carbocycles. The number of carbonyl (C=O) groups is 1. The minimum absolute atomic E-state index is 0.149. The number of hydrogen-bond acceptors (Lipinski definition) is 2. The molecule has 0 aromatic heterocycles. The van der Waals surface area contributed by atoms with E-state index >= 15 is 0 Å². The molecule has 0 heterocycles. The van der Waals surface area contributed by atoms with E-state index in [4.69, 9.17) is 16.3 Å². The molecule has 0 saturated heterocycles. The van der Waals surface area contributed by atoms with Gasteiger partial charge in [-0.25, -0.2) is 0 Å². The van der Waals surface area contributed by atoms with Crippen LogP contribution in [0.1, 0.15) is 46.0 Å². The number of unbranched alkanes of at least 4 members (excludes halogenated alkanes) is 1. The molecule has 16 heavy (non-hydrogen) atoms. The Morgan fingerprint density at radius 1 is 1.62 bits per heavy atom. The van der Waals surface area contributed by atoms with Gasteiger partial charge in [0.1, 0.15) is 5.06 Å². The second-order valence-corrected chi connectivity index (χ2v) is 5.24. The number of nitrogens with zero attached hydrogens (tertiary/aromatic N) is 1. The summed E-state index contributed by atoms with van der Waals surface area (Å²) in [6, 6.07) is 0.251. The minimum atomic E-state index is -0.551. The molecule has 0 radical (unpaired) electrons. The third-order valence-corrected chi connectivity index (χ3v) is 3.85. The zero-order valence-corrected chi connectivity index (χ0v) is 11.2. The van der Waals surface area contributed by atoms with E-state index in [2.05, 4.69) is 6.92 Å². The summed E-state index contributed by atoms with van der Waals surface area (Å²) in [5.74, 6) is 0.149. The molecule has 0 bridgehead atoms. The van der Waals surface area contributed by atoms with Gasteiger partial charge in [-0.05, 0) is 19.3 Å². The second kappa shape index (κ2) is 5.87. The maximum absolute atomic E-state index is 11.6. The van der Waals surface area contributed by atoms with Gasteiger partial charge in [0.05, 0.1) is 0 Å². The lowest BCUT2D eigenvalue weighted by molar-refractivity contribution is -0.131. The van der Waals surface area contributed by atoms with Crippen LogP contribution in [0.3, 0.4) is 0 Å². The first kappa shape index (κ1) is 13.8. The molecule has 2 atom stereocenters. The van der Waals surface area contributed by atoms with Gasteiger partial charge in [-0.1, -0.05) is 24.9 Å². The van der Waals surface area contributed by atoms with E-state index in [-0.39, 0.29) is 11.9 Å². The van der Waals surface area contributed by atoms with Gasteiger partial charge in [-0.2, -0.15) is 0 Å². The second-order valence-electron chi connectivity index (χ2n) is 4.55. The number of halogens is 1. The summed E-state index contributed by atoms with van der Waals surface area (Å²) in [4.78, 5) is 13.5. The average molecular weight is 248 g/mol. The van der Waals surface area contributed by atoms with E-state index < -0.39 is 5.06 Å². The van der Waals surface area contributed by atoms with Crippen LogP contribution in [0.4, 0.5) is 0 Å². The van der Waals surface area contributed by atoms with Crippen molar-refractivity contribution in [3.63, 3.8) is 0 Å². The quantitative estimate of drug-likeness (QED) is 0.700. The summed E-state index contributed by atoms with van der Waals surface area (Å²) in [6.07, 6.45) is 4.67. The summed E-state index contributed by atoms with van der Waals surface area (Å²) in [5.41, 5.74) is 0. The first-order chi connectivity index (χ1) is 7.52. The van der Waals surface area contributed by atoms with Crippen molar-refractivity contribution in [1.29, 1.82) is 0 Å². The first-order valence-electron chi connectivity index (χ1n) is 6.03. The summed E-state index contributed by atoms with van der Waals surface area (Å²) < 4.78 is 5.29. The Morgan fingerprint density at radius 2 is 2.31 bits per heavy atom. The highest BCUT2D eigenvalue weighted by Crippen LogP contribution is 2.38. The summed E-state index contributed by atoms with van der Waals surface area (Å²) in [6.45, 7) is 4.61. The van der Waals surface area contributed by atoms with Crippen molar-refractivity contribution in [2.24, 2.45) is 0 Å². The number of hydrogen-bond donors (Lipinski definition) is 0. The number of ether oxygens (including phenoxy) is 1. The van der Waals surface area contributed by atoms with Crippen LogP contribution in [0.5, 0.6) is 0 Å². The number of carbonyl (C=O) groups excluding carboxylic acids is 1. The molecule has 0 N–H and O–H groups in total. The van der Waals surface area contributed by atoms with Gasteiger partial charge in [0.2, 0.25) is 5.91 Å². The molecule has 1 amide bonds. The van der Waals surface area contributed by atoms with E-state index in [1.54, 1.807) is 14.0 Å². The normalized spacial score (nSPS) is 29.4. The molecule has 1 fully saturated rings. The maximum Gasteiger partial charge on any atom is 0.219 e. The average Bonchev–Trinajstić information content (AvgIpc) is 2.62. The Balaban J connectivity index is 2.57. The molecule has 0 aromatic rings. The van der Waals surface area contributed by atoms with Crippen LogP contribution in [0.15, 0.2) is 0 Å². The molecule has 0 spiro atoms. The highest BCUT2D eigenvalue weighted by molar-refractivity contribution is 6.23. The largest absolute Gasteiger partial charge is 0.363 e. The Morgan fingerprint density at radius 3 is 2.75 bits per heavy atom. The van der Waals surface area contributed by atoms with Crippen LogP contribution < -0.4 is 0 Å². The molecule has 0 aliphatic heterocycles. The van der Waals surface area contributed by atoms with Crippen LogP contribution in [-0.2, 0) is 9.53 Å². The van der Waals surface area contributed by atoms with Gasteiger partial charge >= 0.3 is 0 Å². The smallest absolute Gasteiger partial charge is 0.219 e. The topological polar surface area (TPSA) is 29.5 Å². The molecule has 0 aromatic carbocycles. The molecule has 1 rings (SSSR count). The standard InChI is InChI=1S/C12H22ClNO2/c1-4-5-8-14(10(2)15)11-6-7-12(13,9-11)16-3/h11H,4-9H2,1-3H3. The molecule has 1 aliphatic rings. The maximum atomic E-state index is 11.6. The van der Waals surface area contributed by atoms with Crippen molar-refractivity contribution in [2.45, 2.75) is 57.1 Å². The van der Waals surface area contributed by atoms with Gasteiger partial charge in [0.25, 0.3) is 0 Å². The summed E-state index contributed by atoms with van der Waals surface area (Å²) in [5, 5.41) is -0.551. The molecular weight excluding hydrogens is 226 g/mol. The predicted octanol–water partition coefficient (Wildman–Crippen LogP) is 2.77. The zero-order valence-electron chi connectivity index (χ0n) is 10.5. The van der Waals surface area contributed by atoms with Crippen molar-refractivity contribution in [2.75, 3.05) is 13.7 Å². The fraction of sp³-hybridized carbons (Fsp3) is 0.917. The Kier molecular flexibility index (Phi) is 5.06. The molecule has 94 valence electrons. The molecule has 2 unspecified atom stereocenters. The van der Waals surface area contributed by atoms with Crippen LogP contribution in [-0.4, -0.2) is 35.6 Å². The van der Waals surface area contributed by atoms with Crippen molar-refractivity contribution < 1.29 is 9.53 Å². The highest BCUT2D eigenvalue weighted by Gasteiger charge is 2.40. The Bertz CT molecular complexity index is 247. The van der Waals surface area contributed by atoms with Crippen LogP contribution in [0, 0.1) is 0 Å². The number of rotatable bonds is 5. The number of alkyl halides is 1. The third-order valence-electron chi connectivity index (χ3n) is 3.35. The van der Waals surface area contributed by atoms with Crippen LogP contribution in [0.2, 0.25) is 0 Å². The summed E-state index contributed by atoms with van der Waals surface area (Å²) in [7, 11) is 1.64. The lowest BCUT2D eigenvalue weighted by Crippen LogP contribution is -2.39. The molecule has 3 nitrogen and oxygen atoms in total. The van der Waals surface area contributed by atoms with Crippen molar-refractivity contribution in [3.05, 3.63) is 0 Å². The van der Waals surface area contributed by atoms with Gasteiger partial charge in [0, 0.05) is 33.0 Å². The summed E-state index contributed by atoms with van der Waals surface area (Å²) >= 11 is 6.27. The van der Waals surface area contributed by atoms with Crippen molar-refractivity contribution >= 4 is 17.5 Å². The van der Waals surface area contributed by atoms with Crippen molar-refractivity contribution in [3.8, 4) is 0 Å². The SMILES string of the molecule is CCCCN(C(C)=O)C1CCC(Cl)(OC)C1. The van der Waals surface area contributed by atoms with Gasteiger partial charge in [-0.15, -0.1) is 0 Å². The van der Waals surface area contributed by atoms with Gasteiger partial charge < -0.3 is 9.64 Å². The highest BCUT2D eigenvalue weighted by atomic mass is 35.5. The van der Waals surface area contributed by atoms with Crippen LogP contribution >= 0.6 is 11.6 Å². The lowest BCUT2D eigenvalue weighted by atomic mass is 10.2. The predicted molar refractivity (Wildman–Crippen MR) is 65.5 cm³/mol. The zero-order chi connectivity index (χ0) is 12.2. The van der Waals surface area contributed by atoms with Crippen molar-refractivity contribution in [1.82, 2.24) is 4.90 Å². The third kappa shape index (κ3) is 3.36. The van der Waals surface area contributed by atoms with E-state index in [0.717, 1.165) is 38.6 Å². The fourth-order valence-electron chi connectivity index (χ4n) is 2.32. The molecule has 4 heteroatoms. The number of methoxy groups -OCH3 is 1. The minimum Gasteiger partial charge on any atom is -0.363 e. The van der Waals surface area contributed by atoms with Crippen LogP contribution in [0.25, 0.3) is 0 Å². The molecule has 1 aliphatic carbocycles. The fourth-order valence-corrected chi connectivity index (χ4v) is 2.60. The Labute approximate surface area is 103 Å². The van der Waals surface area contributed by atoms with E-state index in [0.29, 0.717) is 0 Å². The number of amides is 1. The van der Waals surface area contributed by atoms with Gasteiger partial charge in [0.15, 0.2) is 0 Å². The van der Waals surface area contributed by atoms with E-state index in [9.17, 15) is 4.79 Å². The van der Waals surface area contributed by atoms with Gasteiger partial charge in [-0.3, -0.25) is 4.79 Å². The monoisotopic (exact) mass is 247 g/mol.